The fraction of sp³-hybridized carbons (Fsp3) is 0.500. The molecule has 0 radical (unpaired) electrons. The number of nitrogens with one attached hydrogen (secondary N) is 1. The Morgan fingerprint density at radius 2 is 2.21 bits per heavy atom. The van der Waals surface area contributed by atoms with E-state index in [1.165, 1.54) is 0 Å². The maximum Gasteiger partial charge on any atom is 0.222 e. The number of para-hydroxylation sites is 1. The Bertz CT molecular complexity index is 439. The number of benzene rings is 1. The van der Waals surface area contributed by atoms with Crippen LogP contribution in [-0.2, 0) is 11.3 Å². The summed E-state index contributed by atoms with van der Waals surface area (Å²) in [5, 5.41) is 12.7. The highest BCUT2D eigenvalue weighted by atomic mass is 35.5. The van der Waals surface area contributed by atoms with Gasteiger partial charge in [0, 0.05) is 31.7 Å². The van der Waals surface area contributed by atoms with Crippen molar-refractivity contribution in [3.63, 3.8) is 0 Å². The summed E-state index contributed by atoms with van der Waals surface area (Å²) in [6.07, 6.45) is 1.03. The van der Waals surface area contributed by atoms with Crippen molar-refractivity contribution in [2.24, 2.45) is 0 Å². The lowest BCUT2D eigenvalue weighted by Gasteiger charge is -2.19. The van der Waals surface area contributed by atoms with Gasteiger partial charge in [0.2, 0.25) is 5.91 Å². The lowest BCUT2D eigenvalue weighted by Crippen LogP contribution is -2.25. The van der Waals surface area contributed by atoms with Crippen molar-refractivity contribution in [3.05, 3.63) is 29.8 Å². The van der Waals surface area contributed by atoms with E-state index < -0.39 is 6.10 Å². The van der Waals surface area contributed by atoms with Crippen molar-refractivity contribution in [1.29, 1.82) is 0 Å². The molecule has 0 aromatic heterocycles. The summed E-state index contributed by atoms with van der Waals surface area (Å²) < 4.78 is 0. The van der Waals surface area contributed by atoms with Gasteiger partial charge >= 0.3 is 0 Å². The molecular weight excluding hydrogens is 264 g/mol. The first kappa shape index (κ1) is 14.2. The van der Waals surface area contributed by atoms with Gasteiger partial charge in [-0.1, -0.05) is 18.2 Å². The molecule has 1 aliphatic heterocycles. The van der Waals surface area contributed by atoms with E-state index in [1.54, 1.807) is 0 Å². The molecule has 1 aromatic rings. The molecule has 0 saturated carbocycles. The Morgan fingerprint density at radius 1 is 1.42 bits per heavy atom. The van der Waals surface area contributed by atoms with Crippen LogP contribution in [0.15, 0.2) is 24.3 Å². The number of alkyl halides is 1. The van der Waals surface area contributed by atoms with Crippen LogP contribution < -0.4 is 5.32 Å². The molecule has 2 rings (SSSR count). The van der Waals surface area contributed by atoms with Gasteiger partial charge in [0.15, 0.2) is 0 Å². The van der Waals surface area contributed by atoms with Crippen LogP contribution >= 0.6 is 11.6 Å². The Hall–Kier alpha value is -1.26. The van der Waals surface area contributed by atoms with E-state index in [4.69, 9.17) is 11.6 Å². The number of carbonyl (C=O) groups is 1. The molecule has 104 valence electrons. The molecule has 1 atom stereocenters. The SMILES string of the molecule is O=C1CCCN1Cc1ccccc1NCC(O)CCl. The van der Waals surface area contributed by atoms with Gasteiger partial charge in [0.25, 0.3) is 0 Å². The molecular formula is C14H19ClN2O2. The number of hydrogen-bond acceptors (Lipinski definition) is 3. The number of aliphatic hydroxyl groups is 1. The average Bonchev–Trinajstić information content (AvgIpc) is 2.83. The second kappa shape index (κ2) is 6.78. The number of carbonyl (C=O) groups excluding carboxylic acids is 1. The minimum Gasteiger partial charge on any atom is -0.390 e. The van der Waals surface area contributed by atoms with Crippen LogP contribution in [0.2, 0.25) is 0 Å². The normalized spacial score (nSPS) is 16.7. The van der Waals surface area contributed by atoms with E-state index in [9.17, 15) is 9.90 Å². The summed E-state index contributed by atoms with van der Waals surface area (Å²) in [4.78, 5) is 13.5. The minimum atomic E-state index is -0.567. The molecule has 2 N–H and O–H groups in total. The molecule has 1 amide bonds. The number of anilines is 1. The number of nitrogens with zero attached hydrogens (tertiary/aromatic N) is 1. The predicted molar refractivity (Wildman–Crippen MR) is 76.3 cm³/mol. The molecule has 1 aliphatic rings. The number of rotatable bonds is 6. The number of aliphatic hydroxyl groups excluding tert-OH is 1. The molecule has 1 unspecified atom stereocenters. The van der Waals surface area contributed by atoms with Crippen LogP contribution in [0.5, 0.6) is 0 Å². The molecule has 1 saturated heterocycles. The first-order chi connectivity index (χ1) is 9.20. The largest absolute Gasteiger partial charge is 0.390 e. The monoisotopic (exact) mass is 282 g/mol. The molecule has 1 fully saturated rings. The molecule has 0 aliphatic carbocycles. The summed E-state index contributed by atoms with van der Waals surface area (Å²) in [6, 6.07) is 7.85. The summed E-state index contributed by atoms with van der Waals surface area (Å²) in [5.41, 5.74) is 2.02. The molecule has 0 bridgehead atoms. The highest BCUT2D eigenvalue weighted by Crippen LogP contribution is 2.20. The molecule has 1 aromatic carbocycles. The maximum atomic E-state index is 11.7. The maximum absolute atomic E-state index is 11.7. The third-order valence-electron chi connectivity index (χ3n) is 3.26. The average molecular weight is 283 g/mol. The van der Waals surface area contributed by atoms with Crippen molar-refractivity contribution < 1.29 is 9.90 Å². The Balaban J connectivity index is 2.01. The Kier molecular flexibility index (Phi) is 5.05. The van der Waals surface area contributed by atoms with Crippen LogP contribution in [0.3, 0.4) is 0 Å². The van der Waals surface area contributed by atoms with Crippen LogP contribution in [0.1, 0.15) is 18.4 Å². The fourth-order valence-corrected chi connectivity index (χ4v) is 2.30. The zero-order valence-corrected chi connectivity index (χ0v) is 11.6. The highest BCUT2D eigenvalue weighted by Gasteiger charge is 2.20. The van der Waals surface area contributed by atoms with Crippen molar-refractivity contribution in [2.45, 2.75) is 25.5 Å². The van der Waals surface area contributed by atoms with Crippen molar-refractivity contribution in [1.82, 2.24) is 4.90 Å². The highest BCUT2D eigenvalue weighted by molar-refractivity contribution is 6.18. The van der Waals surface area contributed by atoms with Gasteiger partial charge in [-0.3, -0.25) is 4.79 Å². The van der Waals surface area contributed by atoms with Gasteiger partial charge in [0.05, 0.1) is 12.0 Å². The first-order valence-corrected chi connectivity index (χ1v) is 7.07. The molecule has 1 heterocycles. The Morgan fingerprint density at radius 3 is 2.89 bits per heavy atom. The van der Waals surface area contributed by atoms with E-state index in [0.29, 0.717) is 19.5 Å². The van der Waals surface area contributed by atoms with Crippen LogP contribution in [-0.4, -0.2) is 41.0 Å². The van der Waals surface area contributed by atoms with Crippen LogP contribution in [0.25, 0.3) is 0 Å². The quantitative estimate of drug-likeness (QED) is 0.783. The Labute approximate surface area is 118 Å². The van der Waals surface area contributed by atoms with E-state index in [-0.39, 0.29) is 11.8 Å². The molecule has 19 heavy (non-hydrogen) atoms. The number of likely N-dealkylation sites (tertiary alicyclic amines) is 1. The molecule has 0 spiro atoms. The van der Waals surface area contributed by atoms with Gasteiger partial charge in [-0.25, -0.2) is 0 Å². The minimum absolute atomic E-state index is 0.208. The van der Waals surface area contributed by atoms with Crippen molar-refractivity contribution in [3.8, 4) is 0 Å². The van der Waals surface area contributed by atoms with Crippen LogP contribution in [0, 0.1) is 0 Å². The lowest BCUT2D eigenvalue weighted by atomic mass is 10.1. The van der Waals surface area contributed by atoms with Gasteiger partial charge in [-0.2, -0.15) is 0 Å². The number of halogens is 1. The second-order valence-electron chi connectivity index (χ2n) is 4.77. The first-order valence-electron chi connectivity index (χ1n) is 6.54. The van der Waals surface area contributed by atoms with Gasteiger partial charge < -0.3 is 15.3 Å². The van der Waals surface area contributed by atoms with E-state index in [2.05, 4.69) is 5.32 Å². The summed E-state index contributed by atoms with van der Waals surface area (Å²) in [7, 11) is 0. The summed E-state index contributed by atoms with van der Waals surface area (Å²) in [5.74, 6) is 0.426. The third kappa shape index (κ3) is 3.85. The standard InChI is InChI=1S/C14H19ClN2O2/c15-8-12(18)9-16-13-5-2-1-4-11(13)10-17-7-3-6-14(17)19/h1-2,4-5,12,16,18H,3,6-10H2. The van der Waals surface area contributed by atoms with Gasteiger partial charge in [-0.15, -0.1) is 11.6 Å². The van der Waals surface area contributed by atoms with E-state index in [1.807, 2.05) is 29.2 Å². The molecule has 4 nitrogen and oxygen atoms in total. The third-order valence-corrected chi connectivity index (χ3v) is 3.61. The topological polar surface area (TPSA) is 52.6 Å². The predicted octanol–water partition coefficient (Wildman–Crippen LogP) is 1.82. The van der Waals surface area contributed by atoms with Gasteiger partial charge in [-0.05, 0) is 18.1 Å². The number of hydrogen-bond donors (Lipinski definition) is 2. The summed E-state index contributed by atoms with van der Waals surface area (Å²) in [6.45, 7) is 1.87. The van der Waals surface area contributed by atoms with Crippen molar-refractivity contribution >= 4 is 23.2 Å². The zero-order chi connectivity index (χ0) is 13.7. The van der Waals surface area contributed by atoms with Gasteiger partial charge in [0.1, 0.15) is 0 Å². The van der Waals surface area contributed by atoms with E-state index in [0.717, 1.165) is 24.2 Å². The van der Waals surface area contributed by atoms with Crippen molar-refractivity contribution in [2.75, 3.05) is 24.3 Å². The summed E-state index contributed by atoms with van der Waals surface area (Å²) >= 11 is 5.57. The second-order valence-corrected chi connectivity index (χ2v) is 5.07. The smallest absolute Gasteiger partial charge is 0.222 e. The fourth-order valence-electron chi connectivity index (χ4n) is 2.19. The zero-order valence-electron chi connectivity index (χ0n) is 10.8. The lowest BCUT2D eigenvalue weighted by molar-refractivity contribution is -0.128. The van der Waals surface area contributed by atoms with E-state index >= 15 is 0 Å². The van der Waals surface area contributed by atoms with Crippen LogP contribution in [0.4, 0.5) is 5.69 Å². The molecule has 5 heteroatoms. The number of amides is 1.